The second-order valence-electron chi connectivity index (χ2n) is 2.27. The Kier molecular flexibility index (Phi) is 5.37. The Morgan fingerprint density at radius 3 is 2.42 bits per heavy atom. The molecule has 0 aliphatic rings. The van der Waals surface area contributed by atoms with Crippen molar-refractivity contribution >= 4 is 28.3 Å². The van der Waals surface area contributed by atoms with Gasteiger partial charge in [0.1, 0.15) is 5.82 Å². The Morgan fingerprint density at radius 2 is 2.00 bits per heavy atom. The SMILES string of the molecule is CCC(N)c1ncc(Br)cn1.Cl. The Morgan fingerprint density at radius 1 is 1.50 bits per heavy atom. The number of halogens is 2. The molecule has 0 amide bonds. The number of nitrogens with zero attached hydrogens (tertiary/aromatic N) is 2. The lowest BCUT2D eigenvalue weighted by Crippen LogP contribution is -2.12. The van der Waals surface area contributed by atoms with Crippen LogP contribution in [0.25, 0.3) is 0 Å². The van der Waals surface area contributed by atoms with Crippen LogP contribution in [-0.4, -0.2) is 9.97 Å². The molecule has 0 aliphatic carbocycles. The summed E-state index contributed by atoms with van der Waals surface area (Å²) in [5.74, 6) is 0.704. The highest BCUT2D eigenvalue weighted by Crippen LogP contribution is 2.10. The van der Waals surface area contributed by atoms with E-state index in [4.69, 9.17) is 5.73 Å². The first-order valence-electron chi connectivity index (χ1n) is 3.47. The molecule has 0 radical (unpaired) electrons. The van der Waals surface area contributed by atoms with Crippen LogP contribution in [0.2, 0.25) is 0 Å². The quantitative estimate of drug-likeness (QED) is 0.877. The van der Waals surface area contributed by atoms with Crippen molar-refractivity contribution in [1.29, 1.82) is 0 Å². The van der Waals surface area contributed by atoms with Crippen LogP contribution in [0.4, 0.5) is 0 Å². The van der Waals surface area contributed by atoms with Crippen LogP contribution >= 0.6 is 28.3 Å². The highest BCUT2D eigenvalue weighted by Gasteiger charge is 2.04. The third kappa shape index (κ3) is 3.05. The number of rotatable bonds is 2. The fourth-order valence-electron chi connectivity index (χ4n) is 0.696. The zero-order chi connectivity index (χ0) is 8.27. The van der Waals surface area contributed by atoms with Gasteiger partial charge in [-0.25, -0.2) is 9.97 Å². The van der Waals surface area contributed by atoms with E-state index in [1.165, 1.54) is 0 Å². The van der Waals surface area contributed by atoms with Gasteiger partial charge in [-0.15, -0.1) is 12.4 Å². The van der Waals surface area contributed by atoms with Crippen molar-refractivity contribution in [3.8, 4) is 0 Å². The maximum Gasteiger partial charge on any atom is 0.144 e. The standard InChI is InChI=1S/C7H10BrN3.ClH/c1-2-6(9)7-10-3-5(8)4-11-7;/h3-4,6H,2,9H2,1H3;1H. The summed E-state index contributed by atoms with van der Waals surface area (Å²) in [7, 11) is 0. The summed E-state index contributed by atoms with van der Waals surface area (Å²) < 4.78 is 0.879. The molecular formula is C7H11BrClN3. The van der Waals surface area contributed by atoms with Crippen molar-refractivity contribution in [1.82, 2.24) is 9.97 Å². The van der Waals surface area contributed by atoms with Crippen LogP contribution < -0.4 is 5.73 Å². The molecule has 68 valence electrons. The van der Waals surface area contributed by atoms with Crippen LogP contribution in [0.1, 0.15) is 25.2 Å². The summed E-state index contributed by atoms with van der Waals surface area (Å²) in [5, 5.41) is 0. The minimum Gasteiger partial charge on any atom is -0.321 e. The molecule has 1 rings (SSSR count). The summed E-state index contributed by atoms with van der Waals surface area (Å²) in [5.41, 5.74) is 5.70. The molecule has 0 bridgehead atoms. The zero-order valence-electron chi connectivity index (χ0n) is 6.70. The lowest BCUT2D eigenvalue weighted by molar-refractivity contribution is 0.647. The second-order valence-corrected chi connectivity index (χ2v) is 3.19. The van der Waals surface area contributed by atoms with Crippen LogP contribution in [-0.2, 0) is 0 Å². The Labute approximate surface area is 86.3 Å². The highest BCUT2D eigenvalue weighted by molar-refractivity contribution is 9.10. The molecule has 3 nitrogen and oxygen atoms in total. The van der Waals surface area contributed by atoms with E-state index < -0.39 is 0 Å². The van der Waals surface area contributed by atoms with Crippen molar-refractivity contribution in [3.05, 3.63) is 22.7 Å². The van der Waals surface area contributed by atoms with E-state index in [1.807, 2.05) is 6.92 Å². The first-order valence-corrected chi connectivity index (χ1v) is 4.26. The van der Waals surface area contributed by atoms with Crippen molar-refractivity contribution in [2.75, 3.05) is 0 Å². The van der Waals surface area contributed by atoms with E-state index in [9.17, 15) is 0 Å². The van der Waals surface area contributed by atoms with Gasteiger partial charge in [0.05, 0.1) is 10.5 Å². The molecule has 12 heavy (non-hydrogen) atoms. The van der Waals surface area contributed by atoms with Gasteiger partial charge in [-0.05, 0) is 22.4 Å². The van der Waals surface area contributed by atoms with Gasteiger partial charge in [-0.1, -0.05) is 6.92 Å². The molecule has 0 fully saturated rings. The topological polar surface area (TPSA) is 51.8 Å². The Balaban J connectivity index is 0.00000121. The van der Waals surface area contributed by atoms with Gasteiger partial charge in [0, 0.05) is 12.4 Å². The van der Waals surface area contributed by atoms with Gasteiger partial charge >= 0.3 is 0 Å². The van der Waals surface area contributed by atoms with E-state index in [1.54, 1.807) is 12.4 Å². The van der Waals surface area contributed by atoms with E-state index in [-0.39, 0.29) is 18.4 Å². The third-order valence-electron chi connectivity index (χ3n) is 1.41. The van der Waals surface area contributed by atoms with Gasteiger partial charge in [0.15, 0.2) is 0 Å². The van der Waals surface area contributed by atoms with Crippen LogP contribution in [0, 0.1) is 0 Å². The largest absolute Gasteiger partial charge is 0.321 e. The Bertz CT molecular complexity index is 227. The molecule has 1 heterocycles. The number of aromatic nitrogens is 2. The Hall–Kier alpha value is -0.190. The monoisotopic (exact) mass is 251 g/mol. The molecule has 0 aromatic carbocycles. The van der Waals surface area contributed by atoms with Gasteiger partial charge in [0.25, 0.3) is 0 Å². The maximum atomic E-state index is 5.70. The molecule has 0 saturated carbocycles. The van der Waals surface area contributed by atoms with E-state index in [0.29, 0.717) is 5.82 Å². The first-order chi connectivity index (χ1) is 5.24. The fourth-order valence-corrected chi connectivity index (χ4v) is 0.901. The van der Waals surface area contributed by atoms with Gasteiger partial charge in [-0.2, -0.15) is 0 Å². The smallest absolute Gasteiger partial charge is 0.144 e. The molecule has 5 heteroatoms. The third-order valence-corrected chi connectivity index (χ3v) is 1.82. The molecular weight excluding hydrogens is 241 g/mol. The molecule has 1 unspecified atom stereocenters. The van der Waals surface area contributed by atoms with E-state index in [0.717, 1.165) is 10.9 Å². The van der Waals surface area contributed by atoms with Gasteiger partial charge in [-0.3, -0.25) is 0 Å². The van der Waals surface area contributed by atoms with Crippen molar-refractivity contribution in [3.63, 3.8) is 0 Å². The summed E-state index contributed by atoms with van der Waals surface area (Å²) in [6.45, 7) is 2.01. The normalized spacial score (nSPS) is 11.9. The van der Waals surface area contributed by atoms with E-state index >= 15 is 0 Å². The van der Waals surface area contributed by atoms with Crippen LogP contribution in [0.5, 0.6) is 0 Å². The van der Waals surface area contributed by atoms with Crippen LogP contribution in [0.15, 0.2) is 16.9 Å². The minimum absolute atomic E-state index is 0. The average molecular weight is 253 g/mol. The summed E-state index contributed by atoms with van der Waals surface area (Å²) >= 11 is 3.25. The summed E-state index contributed by atoms with van der Waals surface area (Å²) in [4.78, 5) is 8.13. The predicted octanol–water partition coefficient (Wildman–Crippen LogP) is 2.07. The lowest BCUT2D eigenvalue weighted by atomic mass is 10.2. The zero-order valence-corrected chi connectivity index (χ0v) is 9.10. The first kappa shape index (κ1) is 11.8. The van der Waals surface area contributed by atoms with E-state index in [2.05, 4.69) is 25.9 Å². The summed E-state index contributed by atoms with van der Waals surface area (Å²) in [6.07, 6.45) is 4.28. The minimum atomic E-state index is -0.0388. The predicted molar refractivity (Wildman–Crippen MR) is 54.2 cm³/mol. The maximum absolute atomic E-state index is 5.70. The van der Waals surface area contributed by atoms with Crippen molar-refractivity contribution < 1.29 is 0 Å². The second kappa shape index (κ2) is 5.45. The van der Waals surface area contributed by atoms with Crippen molar-refractivity contribution in [2.45, 2.75) is 19.4 Å². The van der Waals surface area contributed by atoms with Crippen molar-refractivity contribution in [2.24, 2.45) is 5.73 Å². The number of hydrogen-bond donors (Lipinski definition) is 1. The number of hydrogen-bond acceptors (Lipinski definition) is 3. The molecule has 0 saturated heterocycles. The summed E-state index contributed by atoms with van der Waals surface area (Å²) in [6, 6.07) is -0.0388. The van der Waals surface area contributed by atoms with Gasteiger partial charge in [0.2, 0.25) is 0 Å². The molecule has 1 aromatic rings. The molecule has 2 N–H and O–H groups in total. The number of nitrogens with two attached hydrogens (primary N) is 1. The van der Waals surface area contributed by atoms with Gasteiger partial charge < -0.3 is 5.73 Å². The lowest BCUT2D eigenvalue weighted by Gasteiger charge is -2.05. The fraction of sp³-hybridized carbons (Fsp3) is 0.429. The average Bonchev–Trinajstić information content (AvgIpc) is 2.05. The molecule has 0 spiro atoms. The van der Waals surface area contributed by atoms with Crippen LogP contribution in [0.3, 0.4) is 0 Å². The molecule has 1 atom stereocenters. The molecule has 0 aliphatic heterocycles. The molecule has 1 aromatic heterocycles. The highest BCUT2D eigenvalue weighted by atomic mass is 79.9.